The Morgan fingerprint density at radius 1 is 1.20 bits per heavy atom. The largest absolute Gasteiger partial charge is 0.497 e. The summed E-state index contributed by atoms with van der Waals surface area (Å²) in [7, 11) is 3.73. The maximum absolute atomic E-state index is 13.1. The number of methoxy groups -OCH3 is 1. The Morgan fingerprint density at radius 2 is 2.03 bits per heavy atom. The molecule has 0 radical (unpaired) electrons. The third kappa shape index (κ3) is 3.76. The average molecular weight is 476 g/mol. The Morgan fingerprint density at radius 3 is 2.77 bits per heavy atom. The highest BCUT2D eigenvalue weighted by atomic mass is 19.1. The van der Waals surface area contributed by atoms with Crippen LogP contribution in [0.5, 0.6) is 5.75 Å². The number of benzene rings is 2. The first-order valence-corrected chi connectivity index (χ1v) is 12.2. The van der Waals surface area contributed by atoms with Crippen molar-refractivity contribution in [3.8, 4) is 17.3 Å². The monoisotopic (exact) mass is 475 g/mol. The van der Waals surface area contributed by atoms with E-state index in [2.05, 4.69) is 33.4 Å². The van der Waals surface area contributed by atoms with Gasteiger partial charge in [-0.2, -0.15) is 0 Å². The van der Waals surface area contributed by atoms with Gasteiger partial charge in [0, 0.05) is 43.7 Å². The first kappa shape index (κ1) is 22.1. The topological polar surface area (TPSA) is 78.3 Å². The van der Waals surface area contributed by atoms with Crippen LogP contribution in [0, 0.1) is 5.92 Å². The number of halogens is 1. The molecule has 0 spiro atoms. The zero-order valence-electron chi connectivity index (χ0n) is 20.1. The van der Waals surface area contributed by atoms with E-state index in [0.717, 1.165) is 57.7 Å². The van der Waals surface area contributed by atoms with Crippen LogP contribution in [0.15, 0.2) is 36.4 Å². The average Bonchev–Trinajstić information content (AvgIpc) is 3.55. The molecule has 1 aliphatic carbocycles. The number of aryl methyl sites for hydroxylation is 1. The zero-order chi connectivity index (χ0) is 24.3. The van der Waals surface area contributed by atoms with Crippen LogP contribution in [-0.2, 0) is 20.0 Å². The summed E-state index contributed by atoms with van der Waals surface area (Å²) >= 11 is 0. The van der Waals surface area contributed by atoms with Gasteiger partial charge in [-0.3, -0.25) is 4.79 Å². The van der Waals surface area contributed by atoms with Crippen LogP contribution >= 0.6 is 0 Å². The molecule has 1 saturated carbocycles. The maximum atomic E-state index is 13.1. The predicted octanol–water partition coefficient (Wildman–Crippen LogP) is 3.91. The molecule has 2 aromatic carbocycles. The standard InChI is InChI=1S/C27H30FN5O2/c1-31-24-9-17-7-8-32(15-19(29)13-28)27(34)21(17)12-22(24)30-26(31)25-10-18-5-6-20(35-2)11-23(18)33(25)14-16-3-4-16/h5-6,9-12,16,19H,3-4,7-8,13-15,29H2,1-2H3/t19-/m1/s1. The van der Waals surface area contributed by atoms with Gasteiger partial charge in [-0.25, -0.2) is 9.37 Å². The van der Waals surface area contributed by atoms with Gasteiger partial charge >= 0.3 is 0 Å². The molecule has 0 unspecified atom stereocenters. The third-order valence-electron chi connectivity index (χ3n) is 7.41. The molecule has 4 aromatic rings. The molecule has 0 saturated heterocycles. The Bertz CT molecular complexity index is 1450. The van der Waals surface area contributed by atoms with Crippen LogP contribution in [0.25, 0.3) is 33.5 Å². The normalized spacial score (nSPS) is 16.8. The lowest BCUT2D eigenvalue weighted by molar-refractivity contribution is 0.0725. The molecule has 2 aliphatic rings. The molecule has 2 aromatic heterocycles. The summed E-state index contributed by atoms with van der Waals surface area (Å²) in [6, 6.07) is 11.7. The van der Waals surface area contributed by atoms with Crippen LogP contribution in [0.1, 0.15) is 28.8 Å². The number of imidazole rings is 1. The minimum Gasteiger partial charge on any atom is -0.497 e. The maximum Gasteiger partial charge on any atom is 0.254 e. The second kappa shape index (κ2) is 8.37. The summed E-state index contributed by atoms with van der Waals surface area (Å²) < 4.78 is 22.9. The minimum absolute atomic E-state index is 0.0980. The van der Waals surface area contributed by atoms with E-state index < -0.39 is 12.7 Å². The van der Waals surface area contributed by atoms with E-state index in [1.54, 1.807) is 12.0 Å². The highest BCUT2D eigenvalue weighted by Gasteiger charge is 2.29. The summed E-state index contributed by atoms with van der Waals surface area (Å²) in [6.07, 6.45) is 3.23. The number of nitrogens with two attached hydrogens (primary N) is 1. The molecular weight excluding hydrogens is 445 g/mol. The van der Waals surface area contributed by atoms with E-state index in [1.165, 1.54) is 12.8 Å². The molecule has 0 bridgehead atoms. The molecule has 1 atom stereocenters. The molecule has 1 amide bonds. The Hall–Kier alpha value is -3.39. The number of hydrogen-bond acceptors (Lipinski definition) is 4. The van der Waals surface area contributed by atoms with E-state index in [1.807, 2.05) is 19.2 Å². The SMILES string of the molecule is COc1ccc2cc(-c3nc4cc5c(cc4n3C)CCN(C[C@H](N)CF)C5=O)n(CC3CC3)c2c1. The summed E-state index contributed by atoms with van der Waals surface area (Å²) in [5.74, 6) is 2.31. The van der Waals surface area contributed by atoms with Gasteiger partial charge in [0.25, 0.3) is 5.91 Å². The summed E-state index contributed by atoms with van der Waals surface area (Å²) in [6.45, 7) is 1.09. The second-order valence-electron chi connectivity index (χ2n) is 9.92. The fourth-order valence-corrected chi connectivity index (χ4v) is 5.25. The number of aromatic nitrogens is 3. The predicted molar refractivity (Wildman–Crippen MR) is 134 cm³/mol. The van der Waals surface area contributed by atoms with Gasteiger partial charge in [-0.1, -0.05) is 0 Å². The van der Waals surface area contributed by atoms with Crippen LogP contribution in [0.3, 0.4) is 0 Å². The van der Waals surface area contributed by atoms with E-state index in [4.69, 9.17) is 15.5 Å². The van der Waals surface area contributed by atoms with Gasteiger partial charge < -0.3 is 24.5 Å². The second-order valence-corrected chi connectivity index (χ2v) is 9.92. The zero-order valence-corrected chi connectivity index (χ0v) is 20.1. The number of hydrogen-bond donors (Lipinski definition) is 1. The highest BCUT2D eigenvalue weighted by Crippen LogP contribution is 2.37. The van der Waals surface area contributed by atoms with Gasteiger partial charge in [0.2, 0.25) is 0 Å². The number of carbonyl (C=O) groups is 1. The fourth-order valence-electron chi connectivity index (χ4n) is 5.25. The molecule has 7 nitrogen and oxygen atoms in total. The number of fused-ring (bicyclic) bond motifs is 3. The van der Waals surface area contributed by atoms with E-state index in [0.29, 0.717) is 18.0 Å². The molecule has 6 rings (SSSR count). The molecule has 1 aliphatic heterocycles. The number of alkyl halides is 1. The lowest BCUT2D eigenvalue weighted by atomic mass is 9.97. The highest BCUT2D eigenvalue weighted by molar-refractivity contribution is 6.00. The van der Waals surface area contributed by atoms with Gasteiger partial charge in [-0.05, 0) is 61.1 Å². The number of nitrogens with zero attached hydrogens (tertiary/aromatic N) is 4. The van der Waals surface area contributed by atoms with E-state index in [9.17, 15) is 9.18 Å². The molecule has 8 heteroatoms. The molecule has 2 N–H and O–H groups in total. The first-order valence-electron chi connectivity index (χ1n) is 12.2. The molecule has 182 valence electrons. The molecular formula is C27H30FN5O2. The van der Waals surface area contributed by atoms with Crippen LogP contribution in [0.2, 0.25) is 0 Å². The van der Waals surface area contributed by atoms with Gasteiger partial charge in [0.05, 0.1) is 35.4 Å². The number of rotatable bonds is 7. The van der Waals surface area contributed by atoms with Crippen molar-refractivity contribution < 1.29 is 13.9 Å². The van der Waals surface area contributed by atoms with Gasteiger partial charge in [-0.15, -0.1) is 0 Å². The number of carbonyl (C=O) groups excluding carboxylic acids is 1. The minimum atomic E-state index is -0.655. The van der Waals surface area contributed by atoms with E-state index in [-0.39, 0.29) is 12.5 Å². The Kier molecular flexibility index (Phi) is 5.29. The summed E-state index contributed by atoms with van der Waals surface area (Å²) in [4.78, 5) is 19.8. The van der Waals surface area contributed by atoms with Crippen molar-refractivity contribution >= 4 is 27.8 Å². The van der Waals surface area contributed by atoms with Crippen LogP contribution in [-0.4, -0.2) is 57.8 Å². The summed E-state index contributed by atoms with van der Waals surface area (Å²) in [5.41, 5.74) is 11.4. The molecule has 1 fully saturated rings. The van der Waals surface area contributed by atoms with Crippen molar-refractivity contribution in [3.63, 3.8) is 0 Å². The van der Waals surface area contributed by atoms with Crippen LogP contribution in [0.4, 0.5) is 4.39 Å². The first-order chi connectivity index (χ1) is 17.0. The van der Waals surface area contributed by atoms with E-state index >= 15 is 0 Å². The van der Waals surface area contributed by atoms with Gasteiger partial charge in [0.1, 0.15) is 12.4 Å². The smallest absolute Gasteiger partial charge is 0.254 e. The molecule has 3 heterocycles. The number of ether oxygens (including phenoxy) is 1. The lowest BCUT2D eigenvalue weighted by Gasteiger charge is -2.30. The fraction of sp³-hybridized carbons (Fsp3) is 0.407. The van der Waals surface area contributed by atoms with Gasteiger partial charge in [0.15, 0.2) is 5.82 Å². The van der Waals surface area contributed by atoms with Crippen molar-refractivity contribution in [2.24, 2.45) is 18.7 Å². The third-order valence-corrected chi connectivity index (χ3v) is 7.41. The summed E-state index contributed by atoms with van der Waals surface area (Å²) in [5, 5.41) is 1.16. The van der Waals surface area contributed by atoms with Crippen molar-refractivity contribution in [3.05, 3.63) is 47.5 Å². The molecule has 35 heavy (non-hydrogen) atoms. The lowest BCUT2D eigenvalue weighted by Crippen LogP contribution is -2.45. The number of amides is 1. The quantitative estimate of drug-likeness (QED) is 0.440. The van der Waals surface area contributed by atoms with Crippen molar-refractivity contribution in [2.45, 2.75) is 31.8 Å². The Labute approximate surface area is 203 Å². The van der Waals surface area contributed by atoms with Crippen LogP contribution < -0.4 is 10.5 Å². The van der Waals surface area contributed by atoms with Crippen molar-refractivity contribution in [1.82, 2.24) is 19.0 Å². The van der Waals surface area contributed by atoms with Crippen molar-refractivity contribution in [2.75, 3.05) is 26.9 Å². The van der Waals surface area contributed by atoms with Crippen molar-refractivity contribution in [1.29, 1.82) is 0 Å². The Balaban J connectivity index is 1.45.